The van der Waals surface area contributed by atoms with E-state index in [2.05, 4.69) is 10.4 Å². The summed E-state index contributed by atoms with van der Waals surface area (Å²) in [5.41, 5.74) is 1.69. The average Bonchev–Trinajstić information content (AvgIpc) is 3.33. The third kappa shape index (κ3) is 4.92. The van der Waals surface area contributed by atoms with Crippen LogP contribution in [0.25, 0.3) is 11.3 Å². The fourth-order valence-corrected chi connectivity index (χ4v) is 4.48. The largest absolute Gasteiger partial charge is 0.497 e. The van der Waals surface area contributed by atoms with Gasteiger partial charge in [-0.05, 0) is 49.7 Å². The van der Waals surface area contributed by atoms with Crippen LogP contribution in [0.3, 0.4) is 0 Å². The first-order valence-corrected chi connectivity index (χ1v) is 11.8. The number of benzene rings is 2. The summed E-state index contributed by atoms with van der Waals surface area (Å²) in [7, 11) is 4.83. The SMILES string of the molecule is COCCCN1C(=O)c2cc(-c3ccc(OC)cc3)nn2CC1(C)C(=O)NCc1ccccc1OC. The Morgan fingerprint density at radius 1 is 1.08 bits per heavy atom. The van der Waals surface area contributed by atoms with Crippen molar-refractivity contribution in [3.05, 3.63) is 65.9 Å². The van der Waals surface area contributed by atoms with Gasteiger partial charge in [0.2, 0.25) is 5.91 Å². The van der Waals surface area contributed by atoms with Crippen molar-refractivity contribution in [3.63, 3.8) is 0 Å². The lowest BCUT2D eigenvalue weighted by Crippen LogP contribution is -2.64. The van der Waals surface area contributed by atoms with Crippen molar-refractivity contribution in [3.8, 4) is 22.8 Å². The summed E-state index contributed by atoms with van der Waals surface area (Å²) in [4.78, 5) is 28.9. The molecule has 0 aliphatic carbocycles. The van der Waals surface area contributed by atoms with E-state index in [-0.39, 0.29) is 24.9 Å². The van der Waals surface area contributed by atoms with Crippen LogP contribution in [0.15, 0.2) is 54.6 Å². The number of hydrogen-bond acceptors (Lipinski definition) is 6. The summed E-state index contributed by atoms with van der Waals surface area (Å²) < 4.78 is 17.5. The fraction of sp³-hybridized carbons (Fsp3) is 0.370. The maximum atomic E-state index is 13.7. The lowest BCUT2D eigenvalue weighted by Gasteiger charge is -2.43. The topological polar surface area (TPSA) is 94.9 Å². The lowest BCUT2D eigenvalue weighted by atomic mass is 9.94. The number of carbonyl (C=O) groups is 2. The van der Waals surface area contributed by atoms with E-state index < -0.39 is 5.54 Å². The Labute approximate surface area is 210 Å². The van der Waals surface area contributed by atoms with Crippen molar-refractivity contribution >= 4 is 11.8 Å². The Hall–Kier alpha value is -3.85. The van der Waals surface area contributed by atoms with Crippen molar-refractivity contribution in [1.29, 1.82) is 0 Å². The van der Waals surface area contributed by atoms with Crippen molar-refractivity contribution in [2.75, 3.05) is 34.5 Å². The predicted molar refractivity (Wildman–Crippen MR) is 135 cm³/mol. The molecule has 1 N–H and O–H groups in total. The van der Waals surface area contributed by atoms with E-state index >= 15 is 0 Å². The fourth-order valence-electron chi connectivity index (χ4n) is 4.48. The van der Waals surface area contributed by atoms with Crippen molar-refractivity contribution in [1.82, 2.24) is 20.0 Å². The number of rotatable bonds is 10. The second-order valence-corrected chi connectivity index (χ2v) is 8.87. The molecule has 2 amide bonds. The molecule has 0 bridgehead atoms. The molecule has 1 aliphatic rings. The van der Waals surface area contributed by atoms with Gasteiger partial charge in [-0.3, -0.25) is 14.3 Å². The van der Waals surface area contributed by atoms with E-state index in [9.17, 15) is 9.59 Å². The lowest BCUT2D eigenvalue weighted by molar-refractivity contribution is -0.133. The van der Waals surface area contributed by atoms with E-state index in [1.54, 1.807) is 43.9 Å². The van der Waals surface area contributed by atoms with Crippen LogP contribution in [0.4, 0.5) is 0 Å². The number of para-hydroxylation sites is 1. The Morgan fingerprint density at radius 2 is 1.83 bits per heavy atom. The summed E-state index contributed by atoms with van der Waals surface area (Å²) in [6.45, 7) is 3.16. The van der Waals surface area contributed by atoms with Crippen LogP contribution in [0, 0.1) is 0 Å². The zero-order chi connectivity index (χ0) is 25.7. The van der Waals surface area contributed by atoms with E-state index in [1.165, 1.54) is 0 Å². The molecule has 1 aromatic heterocycles. The third-order valence-electron chi connectivity index (χ3n) is 6.53. The second-order valence-electron chi connectivity index (χ2n) is 8.87. The number of methoxy groups -OCH3 is 3. The molecule has 0 fully saturated rings. The van der Waals surface area contributed by atoms with Gasteiger partial charge in [0.15, 0.2) is 0 Å². The third-order valence-corrected chi connectivity index (χ3v) is 6.53. The molecular weight excluding hydrogens is 460 g/mol. The smallest absolute Gasteiger partial charge is 0.273 e. The van der Waals surface area contributed by atoms with Crippen molar-refractivity contribution in [2.45, 2.75) is 32.0 Å². The number of fused-ring (bicyclic) bond motifs is 1. The van der Waals surface area contributed by atoms with Crippen LogP contribution in [-0.4, -0.2) is 66.5 Å². The molecular formula is C27H32N4O5. The van der Waals surface area contributed by atoms with Crippen LogP contribution in [0.1, 0.15) is 29.4 Å². The highest BCUT2D eigenvalue weighted by Gasteiger charge is 2.47. The van der Waals surface area contributed by atoms with Gasteiger partial charge < -0.3 is 24.4 Å². The van der Waals surface area contributed by atoms with Gasteiger partial charge in [-0.15, -0.1) is 0 Å². The quantitative estimate of drug-likeness (QED) is 0.437. The van der Waals surface area contributed by atoms with Crippen LogP contribution in [0.5, 0.6) is 11.5 Å². The standard InChI is InChI=1S/C27H32N4O5/c1-27(26(33)28-17-20-8-5-6-9-24(20)36-4)18-31-23(25(32)30(27)14-7-15-34-2)16-22(29-31)19-10-12-21(35-3)13-11-19/h5-6,8-13,16H,7,14-15,17-18H2,1-4H3,(H,28,33). The summed E-state index contributed by atoms with van der Waals surface area (Å²) in [6, 6.07) is 16.8. The van der Waals surface area contributed by atoms with Crippen LogP contribution < -0.4 is 14.8 Å². The Kier molecular flexibility index (Phi) is 7.59. The first-order chi connectivity index (χ1) is 17.4. The first kappa shape index (κ1) is 25.2. The molecule has 2 aromatic carbocycles. The molecule has 36 heavy (non-hydrogen) atoms. The van der Waals surface area contributed by atoms with Crippen molar-refractivity contribution in [2.24, 2.45) is 0 Å². The highest BCUT2D eigenvalue weighted by molar-refractivity contribution is 6.00. The van der Waals surface area contributed by atoms with E-state index in [0.29, 0.717) is 36.7 Å². The highest BCUT2D eigenvalue weighted by Crippen LogP contribution is 2.31. The molecule has 9 heteroatoms. The molecule has 3 aromatic rings. The van der Waals surface area contributed by atoms with Gasteiger partial charge >= 0.3 is 0 Å². The molecule has 0 spiro atoms. The van der Waals surface area contributed by atoms with E-state index in [0.717, 1.165) is 16.9 Å². The minimum atomic E-state index is -1.14. The number of carbonyl (C=O) groups excluding carboxylic acids is 2. The van der Waals surface area contributed by atoms with Gasteiger partial charge in [0, 0.05) is 37.9 Å². The monoisotopic (exact) mass is 492 g/mol. The molecule has 1 aliphatic heterocycles. The van der Waals surface area contributed by atoms with Crippen LogP contribution in [0.2, 0.25) is 0 Å². The first-order valence-electron chi connectivity index (χ1n) is 11.8. The number of hydrogen-bond donors (Lipinski definition) is 1. The minimum Gasteiger partial charge on any atom is -0.497 e. The Morgan fingerprint density at radius 3 is 2.53 bits per heavy atom. The van der Waals surface area contributed by atoms with Gasteiger partial charge in [-0.1, -0.05) is 18.2 Å². The van der Waals surface area contributed by atoms with Gasteiger partial charge in [-0.2, -0.15) is 5.10 Å². The van der Waals surface area contributed by atoms with E-state index in [1.807, 2.05) is 48.5 Å². The zero-order valence-corrected chi connectivity index (χ0v) is 21.1. The Balaban J connectivity index is 1.62. The Bertz CT molecular complexity index is 1220. The summed E-state index contributed by atoms with van der Waals surface area (Å²) in [5, 5.41) is 7.69. The average molecular weight is 493 g/mol. The number of nitrogens with one attached hydrogen (secondary N) is 1. The van der Waals surface area contributed by atoms with E-state index in [4.69, 9.17) is 14.2 Å². The summed E-state index contributed by atoms with van der Waals surface area (Å²) in [6.07, 6.45) is 0.608. The van der Waals surface area contributed by atoms with Crippen molar-refractivity contribution < 1.29 is 23.8 Å². The molecule has 4 rings (SSSR count). The number of amides is 2. The normalized spacial score (nSPS) is 17.0. The molecule has 1 unspecified atom stereocenters. The molecule has 190 valence electrons. The molecule has 0 saturated heterocycles. The van der Waals surface area contributed by atoms with Crippen LogP contribution >= 0.6 is 0 Å². The molecule has 2 heterocycles. The predicted octanol–water partition coefficient (Wildman–Crippen LogP) is 3.13. The number of nitrogens with zero attached hydrogens (tertiary/aromatic N) is 3. The molecule has 1 atom stereocenters. The highest BCUT2D eigenvalue weighted by atomic mass is 16.5. The van der Waals surface area contributed by atoms with Gasteiger partial charge in [0.05, 0.1) is 26.5 Å². The molecule has 0 saturated carbocycles. The van der Waals surface area contributed by atoms with Gasteiger partial charge in [-0.25, -0.2) is 0 Å². The summed E-state index contributed by atoms with van der Waals surface area (Å²) in [5.74, 6) is 0.936. The van der Waals surface area contributed by atoms with Crippen LogP contribution in [-0.2, 0) is 22.6 Å². The van der Waals surface area contributed by atoms with Gasteiger partial charge in [0.25, 0.3) is 5.91 Å². The maximum Gasteiger partial charge on any atom is 0.273 e. The maximum absolute atomic E-state index is 13.7. The minimum absolute atomic E-state index is 0.231. The molecule has 0 radical (unpaired) electrons. The van der Waals surface area contributed by atoms with Gasteiger partial charge in [0.1, 0.15) is 22.7 Å². The molecule has 9 nitrogen and oxygen atoms in total. The second kappa shape index (κ2) is 10.8. The summed E-state index contributed by atoms with van der Waals surface area (Å²) >= 11 is 0. The number of ether oxygens (including phenoxy) is 3. The number of aromatic nitrogens is 2. The zero-order valence-electron chi connectivity index (χ0n) is 21.1.